The van der Waals surface area contributed by atoms with Crippen LogP contribution in [0.25, 0.3) is 0 Å². The van der Waals surface area contributed by atoms with Crippen molar-refractivity contribution in [3.8, 4) is 0 Å². The van der Waals surface area contributed by atoms with E-state index in [1.54, 1.807) is 24.5 Å². The molecule has 0 saturated heterocycles. The number of nitrogens with zero attached hydrogens (tertiary/aromatic N) is 2. The van der Waals surface area contributed by atoms with Gasteiger partial charge in [-0.1, -0.05) is 61.9 Å². The molecule has 2 aromatic rings. The van der Waals surface area contributed by atoms with E-state index in [1.165, 1.54) is 17.3 Å². The van der Waals surface area contributed by atoms with Gasteiger partial charge < -0.3 is 0 Å². The first-order chi connectivity index (χ1) is 11.0. The molecule has 0 N–H and O–H groups in total. The van der Waals surface area contributed by atoms with Gasteiger partial charge in [-0.15, -0.1) is 0 Å². The number of aromatic nitrogens is 2. The smallest absolute Gasteiger partial charge is 0.242 e. The highest BCUT2D eigenvalue weighted by Gasteiger charge is 2.37. The maximum absolute atomic E-state index is 13.1. The minimum Gasteiger partial charge on any atom is -0.276 e. The number of unbranched alkanes of at least 4 members (excludes halogenated alkanes) is 3. The Morgan fingerprint density at radius 3 is 2.65 bits per heavy atom. The van der Waals surface area contributed by atoms with E-state index in [4.69, 9.17) is 23.2 Å². The van der Waals surface area contributed by atoms with Crippen molar-refractivity contribution in [2.75, 3.05) is 0 Å². The van der Waals surface area contributed by atoms with E-state index in [9.17, 15) is 4.79 Å². The predicted molar refractivity (Wildman–Crippen MR) is 95.4 cm³/mol. The van der Waals surface area contributed by atoms with Crippen LogP contribution < -0.4 is 0 Å². The zero-order valence-electron chi connectivity index (χ0n) is 13.6. The second-order valence-electron chi connectivity index (χ2n) is 6.04. The van der Waals surface area contributed by atoms with Crippen LogP contribution in [0.1, 0.15) is 56.3 Å². The van der Waals surface area contributed by atoms with Gasteiger partial charge in [0.05, 0.1) is 5.41 Å². The van der Waals surface area contributed by atoms with E-state index >= 15 is 0 Å². The SMILES string of the molecule is CCCCCCC(C)(C(=O)n1ccnc1)c1ccc(Cl)cc1Cl. The van der Waals surface area contributed by atoms with Crippen LogP contribution in [0, 0.1) is 0 Å². The number of imidazole rings is 1. The second-order valence-corrected chi connectivity index (χ2v) is 6.89. The summed E-state index contributed by atoms with van der Waals surface area (Å²) in [7, 11) is 0. The summed E-state index contributed by atoms with van der Waals surface area (Å²) in [6, 6.07) is 5.34. The highest BCUT2D eigenvalue weighted by atomic mass is 35.5. The van der Waals surface area contributed by atoms with Gasteiger partial charge in [-0.25, -0.2) is 4.98 Å². The number of hydrogen-bond donors (Lipinski definition) is 0. The zero-order chi connectivity index (χ0) is 16.9. The van der Waals surface area contributed by atoms with Crippen LogP contribution in [-0.4, -0.2) is 15.5 Å². The van der Waals surface area contributed by atoms with E-state index < -0.39 is 5.41 Å². The van der Waals surface area contributed by atoms with Crippen molar-refractivity contribution in [1.29, 1.82) is 0 Å². The second kappa shape index (κ2) is 7.98. The van der Waals surface area contributed by atoms with Crippen LogP contribution in [0.4, 0.5) is 0 Å². The molecular weight excluding hydrogens is 331 g/mol. The van der Waals surface area contributed by atoms with Gasteiger partial charge in [0.2, 0.25) is 5.91 Å². The summed E-state index contributed by atoms with van der Waals surface area (Å²) in [4.78, 5) is 17.0. The Hall–Kier alpha value is -1.32. The lowest BCUT2D eigenvalue weighted by Crippen LogP contribution is -2.36. The van der Waals surface area contributed by atoms with E-state index in [2.05, 4.69) is 11.9 Å². The van der Waals surface area contributed by atoms with Gasteiger partial charge in [0.25, 0.3) is 0 Å². The molecule has 0 radical (unpaired) electrons. The Morgan fingerprint density at radius 2 is 2.04 bits per heavy atom. The molecule has 5 heteroatoms. The fraction of sp³-hybridized carbons (Fsp3) is 0.444. The molecular formula is C18H22Cl2N2O. The third-order valence-electron chi connectivity index (χ3n) is 4.27. The van der Waals surface area contributed by atoms with Crippen molar-refractivity contribution in [3.63, 3.8) is 0 Å². The van der Waals surface area contributed by atoms with Crippen LogP contribution in [0.15, 0.2) is 36.9 Å². The maximum atomic E-state index is 13.1. The molecule has 0 bridgehead atoms. The van der Waals surface area contributed by atoms with Crippen LogP contribution in [0.2, 0.25) is 10.0 Å². The highest BCUT2D eigenvalue weighted by Crippen LogP contribution is 2.37. The quantitative estimate of drug-likeness (QED) is 0.593. The average Bonchev–Trinajstić information content (AvgIpc) is 3.05. The molecule has 0 fully saturated rings. The lowest BCUT2D eigenvalue weighted by atomic mass is 9.77. The van der Waals surface area contributed by atoms with Gasteiger partial charge in [-0.2, -0.15) is 0 Å². The number of hydrogen-bond acceptors (Lipinski definition) is 2. The first-order valence-corrected chi connectivity index (χ1v) is 8.73. The Morgan fingerprint density at radius 1 is 1.26 bits per heavy atom. The molecule has 0 spiro atoms. The molecule has 1 unspecified atom stereocenters. The molecule has 3 nitrogen and oxygen atoms in total. The van der Waals surface area contributed by atoms with Crippen molar-refractivity contribution < 1.29 is 4.79 Å². The fourth-order valence-corrected chi connectivity index (χ4v) is 3.48. The first-order valence-electron chi connectivity index (χ1n) is 7.97. The van der Waals surface area contributed by atoms with Gasteiger partial charge in [-0.05, 0) is 31.0 Å². The Labute approximate surface area is 147 Å². The van der Waals surface area contributed by atoms with E-state index in [0.717, 1.165) is 31.2 Å². The van der Waals surface area contributed by atoms with Gasteiger partial charge in [0.15, 0.2) is 0 Å². The van der Waals surface area contributed by atoms with Crippen molar-refractivity contribution in [3.05, 3.63) is 52.5 Å². The lowest BCUT2D eigenvalue weighted by Gasteiger charge is -2.29. The molecule has 0 saturated carbocycles. The van der Waals surface area contributed by atoms with Crippen molar-refractivity contribution >= 4 is 29.1 Å². The van der Waals surface area contributed by atoms with Crippen LogP contribution in [-0.2, 0) is 5.41 Å². The number of carbonyl (C=O) groups excluding carboxylic acids is 1. The van der Waals surface area contributed by atoms with Crippen molar-refractivity contribution in [2.24, 2.45) is 0 Å². The summed E-state index contributed by atoms with van der Waals surface area (Å²) >= 11 is 12.4. The molecule has 23 heavy (non-hydrogen) atoms. The molecule has 1 aromatic carbocycles. The summed E-state index contributed by atoms with van der Waals surface area (Å²) in [5, 5.41) is 1.10. The lowest BCUT2D eigenvalue weighted by molar-refractivity contribution is 0.0796. The van der Waals surface area contributed by atoms with Gasteiger partial charge in [0, 0.05) is 22.4 Å². The van der Waals surface area contributed by atoms with E-state index in [0.29, 0.717) is 10.0 Å². The largest absolute Gasteiger partial charge is 0.276 e. The van der Waals surface area contributed by atoms with Crippen LogP contribution in [0.5, 0.6) is 0 Å². The maximum Gasteiger partial charge on any atom is 0.242 e. The number of benzene rings is 1. The molecule has 0 amide bonds. The molecule has 1 atom stereocenters. The minimum absolute atomic E-state index is 0.0179. The number of carbonyl (C=O) groups is 1. The van der Waals surface area contributed by atoms with Gasteiger partial charge in [0.1, 0.15) is 6.33 Å². The van der Waals surface area contributed by atoms with Crippen molar-refractivity contribution in [1.82, 2.24) is 9.55 Å². The summed E-state index contributed by atoms with van der Waals surface area (Å²) in [5.74, 6) is -0.0179. The molecule has 0 aliphatic rings. The van der Waals surface area contributed by atoms with Gasteiger partial charge in [-0.3, -0.25) is 9.36 Å². The predicted octanol–water partition coefficient (Wildman–Crippen LogP) is 5.76. The molecule has 0 aliphatic heterocycles. The molecule has 0 aliphatic carbocycles. The van der Waals surface area contributed by atoms with E-state index in [1.807, 2.05) is 13.0 Å². The van der Waals surface area contributed by atoms with E-state index in [-0.39, 0.29) is 5.91 Å². The number of halogens is 2. The molecule has 1 heterocycles. The van der Waals surface area contributed by atoms with Crippen molar-refractivity contribution in [2.45, 2.75) is 51.4 Å². The Balaban J connectivity index is 2.35. The monoisotopic (exact) mass is 352 g/mol. The van der Waals surface area contributed by atoms with Crippen LogP contribution >= 0.6 is 23.2 Å². The summed E-state index contributed by atoms with van der Waals surface area (Å²) < 4.78 is 1.53. The number of rotatable bonds is 7. The fourth-order valence-electron chi connectivity index (χ4n) is 2.86. The molecule has 2 rings (SSSR count). The summed E-state index contributed by atoms with van der Waals surface area (Å²) in [6.45, 7) is 4.13. The zero-order valence-corrected chi connectivity index (χ0v) is 15.1. The highest BCUT2D eigenvalue weighted by molar-refractivity contribution is 6.35. The topological polar surface area (TPSA) is 34.9 Å². The molecule has 1 aromatic heterocycles. The molecule has 124 valence electrons. The Kier molecular flexibility index (Phi) is 6.25. The van der Waals surface area contributed by atoms with Gasteiger partial charge >= 0.3 is 0 Å². The average molecular weight is 353 g/mol. The Bertz CT molecular complexity index is 655. The summed E-state index contributed by atoms with van der Waals surface area (Å²) in [6.07, 6.45) is 9.98. The third kappa shape index (κ3) is 4.15. The normalized spacial score (nSPS) is 13.7. The minimum atomic E-state index is -0.698. The third-order valence-corrected chi connectivity index (χ3v) is 4.81. The standard InChI is InChI=1S/C18H22Cl2N2O/c1-3-4-5-6-9-18(2,17(23)22-11-10-21-13-22)15-8-7-14(19)12-16(15)20/h7-8,10-13H,3-6,9H2,1-2H3. The van der Waals surface area contributed by atoms with Crippen LogP contribution in [0.3, 0.4) is 0 Å². The summed E-state index contributed by atoms with van der Waals surface area (Å²) in [5.41, 5.74) is 0.120. The first kappa shape index (κ1) is 18.0.